The summed E-state index contributed by atoms with van der Waals surface area (Å²) in [5.74, 6) is -1.55. The predicted octanol–water partition coefficient (Wildman–Crippen LogP) is 1.39. The molecule has 0 spiro atoms. The van der Waals surface area contributed by atoms with E-state index < -0.39 is 26.6 Å². The average molecular weight is 383 g/mol. The van der Waals surface area contributed by atoms with Gasteiger partial charge in [-0.05, 0) is 41.4 Å². The van der Waals surface area contributed by atoms with Gasteiger partial charge in [0.05, 0.1) is 5.56 Å². The van der Waals surface area contributed by atoms with E-state index in [2.05, 4.69) is 21.2 Å². The molecule has 0 aliphatic carbocycles. The molecule has 1 aromatic carbocycles. The highest BCUT2D eigenvalue weighted by molar-refractivity contribution is 9.10. The van der Waals surface area contributed by atoms with Crippen molar-refractivity contribution in [2.75, 3.05) is 13.7 Å². The van der Waals surface area contributed by atoms with E-state index in [1.807, 2.05) is 0 Å². The third-order valence-corrected chi connectivity index (χ3v) is 4.29. The van der Waals surface area contributed by atoms with E-state index >= 15 is 0 Å². The summed E-state index contributed by atoms with van der Waals surface area (Å²) in [7, 11) is -2.70. The Morgan fingerprint density at radius 1 is 1.52 bits per heavy atom. The third-order valence-electron chi connectivity index (χ3n) is 2.71. The molecule has 0 saturated carbocycles. The highest BCUT2D eigenvalue weighted by Crippen LogP contribution is 2.24. The summed E-state index contributed by atoms with van der Waals surface area (Å²) in [4.78, 5) is 11.4. The van der Waals surface area contributed by atoms with Crippen molar-refractivity contribution in [3.05, 3.63) is 28.0 Å². The molecule has 1 rings (SSSR count). The van der Waals surface area contributed by atoms with Gasteiger partial charge in [-0.2, -0.15) is 0 Å². The first-order valence-electron chi connectivity index (χ1n) is 5.98. The van der Waals surface area contributed by atoms with Crippen molar-refractivity contribution >= 4 is 31.9 Å². The van der Waals surface area contributed by atoms with Crippen LogP contribution >= 0.6 is 15.9 Å². The summed E-state index contributed by atoms with van der Waals surface area (Å²) >= 11 is 3.03. The van der Waals surface area contributed by atoms with E-state index in [0.29, 0.717) is 13.0 Å². The lowest BCUT2D eigenvalue weighted by Gasteiger charge is -2.14. The van der Waals surface area contributed by atoms with Gasteiger partial charge >= 0.3 is 0 Å². The number of halogens is 2. The summed E-state index contributed by atoms with van der Waals surface area (Å²) in [6.45, 7) is 2.24. The maximum atomic E-state index is 13.6. The van der Waals surface area contributed by atoms with E-state index in [1.165, 1.54) is 0 Å². The van der Waals surface area contributed by atoms with Crippen LogP contribution < -0.4 is 10.5 Å². The molecule has 9 heteroatoms. The standard InChI is InChI=1S/C12H16BrFN2O4S/c1-7(3-4-20-2)16-12(17)8-5-11(21(15,18)19)10(14)6-9(8)13/h5-7H,3-4H2,1-2H3,(H,16,17)(H2,15,18,19). The molecule has 0 fully saturated rings. The van der Waals surface area contributed by atoms with Gasteiger partial charge in [-0.3, -0.25) is 4.79 Å². The van der Waals surface area contributed by atoms with Gasteiger partial charge in [0.2, 0.25) is 10.0 Å². The van der Waals surface area contributed by atoms with E-state index in [9.17, 15) is 17.6 Å². The number of carbonyl (C=O) groups excluding carboxylic acids is 1. The molecular formula is C12H16BrFN2O4S. The Bertz CT molecular complexity index is 636. The molecule has 1 unspecified atom stereocenters. The van der Waals surface area contributed by atoms with Crippen LogP contribution in [0, 0.1) is 5.82 Å². The number of rotatable bonds is 6. The van der Waals surface area contributed by atoms with Gasteiger partial charge < -0.3 is 10.1 Å². The number of ether oxygens (including phenoxy) is 1. The number of carbonyl (C=O) groups is 1. The summed E-state index contributed by atoms with van der Waals surface area (Å²) in [6, 6.07) is 1.62. The zero-order chi connectivity index (χ0) is 16.2. The van der Waals surface area contributed by atoms with Gasteiger partial charge in [-0.15, -0.1) is 0 Å². The number of hydrogen-bond acceptors (Lipinski definition) is 4. The minimum Gasteiger partial charge on any atom is -0.385 e. The number of methoxy groups -OCH3 is 1. The minimum atomic E-state index is -4.24. The Morgan fingerprint density at radius 2 is 2.14 bits per heavy atom. The van der Waals surface area contributed by atoms with Crippen molar-refractivity contribution in [3.63, 3.8) is 0 Å². The number of nitrogens with one attached hydrogen (secondary N) is 1. The van der Waals surface area contributed by atoms with Crippen LogP contribution in [0.5, 0.6) is 0 Å². The maximum absolute atomic E-state index is 13.6. The van der Waals surface area contributed by atoms with E-state index in [1.54, 1.807) is 14.0 Å². The summed E-state index contributed by atoms with van der Waals surface area (Å²) in [5, 5.41) is 7.58. The number of primary sulfonamides is 1. The molecule has 21 heavy (non-hydrogen) atoms. The van der Waals surface area contributed by atoms with Crippen LogP contribution in [0.2, 0.25) is 0 Å². The van der Waals surface area contributed by atoms with Crippen LogP contribution in [0.25, 0.3) is 0 Å². The van der Waals surface area contributed by atoms with Gasteiger partial charge in [-0.1, -0.05) is 0 Å². The lowest BCUT2D eigenvalue weighted by Crippen LogP contribution is -2.33. The molecule has 1 aromatic rings. The molecule has 1 atom stereocenters. The molecule has 118 valence electrons. The van der Waals surface area contributed by atoms with Crippen LogP contribution in [0.15, 0.2) is 21.5 Å². The summed E-state index contributed by atoms with van der Waals surface area (Å²) in [5.41, 5.74) is -0.00954. The normalized spacial score (nSPS) is 13.0. The molecule has 0 heterocycles. The van der Waals surface area contributed by atoms with Gasteiger partial charge in [0.25, 0.3) is 5.91 Å². The van der Waals surface area contributed by atoms with Crippen molar-refractivity contribution in [1.82, 2.24) is 5.32 Å². The molecule has 1 amide bonds. The lowest BCUT2D eigenvalue weighted by molar-refractivity contribution is 0.0928. The number of sulfonamides is 1. The van der Waals surface area contributed by atoms with Crippen molar-refractivity contribution in [3.8, 4) is 0 Å². The third kappa shape index (κ3) is 5.03. The first-order chi connectivity index (χ1) is 9.66. The summed E-state index contributed by atoms with van der Waals surface area (Å²) in [6.07, 6.45) is 0.586. The molecule has 3 N–H and O–H groups in total. The maximum Gasteiger partial charge on any atom is 0.252 e. The number of nitrogens with two attached hydrogens (primary N) is 1. The van der Waals surface area contributed by atoms with E-state index in [4.69, 9.17) is 9.88 Å². The van der Waals surface area contributed by atoms with E-state index in [0.717, 1.165) is 12.1 Å². The Balaban J connectivity index is 3.05. The molecule has 0 bridgehead atoms. The Labute approximate surface area is 131 Å². The van der Waals surface area contributed by atoms with Crippen LogP contribution in [0.3, 0.4) is 0 Å². The first-order valence-corrected chi connectivity index (χ1v) is 8.32. The number of amides is 1. The fraction of sp³-hybridized carbons (Fsp3) is 0.417. The quantitative estimate of drug-likeness (QED) is 0.776. The molecule has 0 saturated heterocycles. The summed E-state index contributed by atoms with van der Waals surface area (Å²) < 4.78 is 41.2. The molecule has 0 aliphatic rings. The Hall–Kier alpha value is -1.03. The molecule has 6 nitrogen and oxygen atoms in total. The predicted molar refractivity (Wildman–Crippen MR) is 78.9 cm³/mol. The first kappa shape index (κ1) is 18.0. The van der Waals surface area contributed by atoms with Gasteiger partial charge in [0, 0.05) is 24.2 Å². The van der Waals surface area contributed by atoms with Gasteiger partial charge in [0.15, 0.2) is 0 Å². The van der Waals surface area contributed by atoms with Crippen LogP contribution in [0.1, 0.15) is 23.7 Å². The highest BCUT2D eigenvalue weighted by atomic mass is 79.9. The van der Waals surface area contributed by atoms with Crippen LogP contribution in [0.4, 0.5) is 4.39 Å². The highest BCUT2D eigenvalue weighted by Gasteiger charge is 2.21. The van der Waals surface area contributed by atoms with Crippen LogP contribution in [-0.2, 0) is 14.8 Å². The van der Waals surface area contributed by atoms with Crippen molar-refractivity contribution in [1.29, 1.82) is 0 Å². The van der Waals surface area contributed by atoms with Crippen molar-refractivity contribution in [2.24, 2.45) is 5.14 Å². The fourth-order valence-electron chi connectivity index (χ4n) is 1.59. The monoisotopic (exact) mass is 382 g/mol. The zero-order valence-electron chi connectivity index (χ0n) is 11.5. The largest absolute Gasteiger partial charge is 0.385 e. The SMILES string of the molecule is COCCC(C)NC(=O)c1cc(S(N)(=O)=O)c(F)cc1Br. The minimum absolute atomic E-state index is 0.00954. The van der Waals surface area contributed by atoms with Crippen molar-refractivity contribution < 1.29 is 22.3 Å². The lowest BCUT2D eigenvalue weighted by atomic mass is 10.1. The molecule has 0 radical (unpaired) electrons. The second-order valence-corrected chi connectivity index (χ2v) is 6.85. The fourth-order valence-corrected chi connectivity index (χ4v) is 2.70. The number of hydrogen-bond donors (Lipinski definition) is 2. The van der Waals surface area contributed by atoms with Crippen molar-refractivity contribution in [2.45, 2.75) is 24.3 Å². The second kappa shape index (κ2) is 7.30. The molecule has 0 aliphatic heterocycles. The Morgan fingerprint density at radius 3 is 2.67 bits per heavy atom. The molecular weight excluding hydrogens is 367 g/mol. The second-order valence-electron chi connectivity index (χ2n) is 4.46. The zero-order valence-corrected chi connectivity index (χ0v) is 13.9. The molecule has 0 aromatic heterocycles. The van der Waals surface area contributed by atoms with Crippen LogP contribution in [-0.4, -0.2) is 34.1 Å². The Kier molecular flexibility index (Phi) is 6.26. The van der Waals surface area contributed by atoms with E-state index in [-0.39, 0.29) is 16.1 Å². The average Bonchev–Trinajstić information content (AvgIpc) is 2.34. The number of benzene rings is 1. The topological polar surface area (TPSA) is 98.5 Å². The smallest absolute Gasteiger partial charge is 0.252 e. The van der Waals surface area contributed by atoms with Gasteiger partial charge in [-0.25, -0.2) is 17.9 Å². The van der Waals surface area contributed by atoms with Gasteiger partial charge in [0.1, 0.15) is 10.7 Å².